The zero-order chi connectivity index (χ0) is 10.8. The fourth-order valence-electron chi connectivity index (χ4n) is 2.41. The number of piperazine rings is 1. The van der Waals surface area contributed by atoms with Gasteiger partial charge in [0, 0.05) is 31.2 Å². The lowest BCUT2D eigenvalue weighted by Crippen LogP contribution is -2.54. The van der Waals surface area contributed by atoms with Gasteiger partial charge < -0.3 is 5.32 Å². The average Bonchev–Trinajstić information content (AvgIpc) is 2.67. The van der Waals surface area contributed by atoms with Crippen molar-refractivity contribution in [3.63, 3.8) is 0 Å². The van der Waals surface area contributed by atoms with Gasteiger partial charge in [-0.15, -0.1) is 0 Å². The van der Waals surface area contributed by atoms with E-state index in [9.17, 15) is 0 Å². The molecule has 2 rings (SSSR count). The standard InChI is InChI=1S/C12H20N2S/c1-9-6-14(7-10(2)13-9)11(3)12-4-5-15-8-12/h4-5,8-11,13H,6-7H2,1-3H3. The summed E-state index contributed by atoms with van der Waals surface area (Å²) < 4.78 is 0. The molecule has 1 N–H and O–H groups in total. The molecule has 1 fully saturated rings. The first-order chi connectivity index (χ1) is 7.16. The lowest BCUT2D eigenvalue weighted by Gasteiger charge is -2.39. The highest BCUT2D eigenvalue weighted by molar-refractivity contribution is 7.07. The Balaban J connectivity index is 2.03. The number of hydrogen-bond acceptors (Lipinski definition) is 3. The summed E-state index contributed by atoms with van der Waals surface area (Å²) in [6.07, 6.45) is 0. The second kappa shape index (κ2) is 4.64. The van der Waals surface area contributed by atoms with Gasteiger partial charge in [0.05, 0.1) is 0 Å². The summed E-state index contributed by atoms with van der Waals surface area (Å²) in [5, 5.41) is 8.00. The van der Waals surface area contributed by atoms with Gasteiger partial charge in [-0.25, -0.2) is 0 Å². The van der Waals surface area contributed by atoms with E-state index in [0.29, 0.717) is 18.1 Å². The Morgan fingerprint density at radius 3 is 2.60 bits per heavy atom. The molecule has 2 heterocycles. The molecule has 1 aromatic rings. The van der Waals surface area contributed by atoms with E-state index >= 15 is 0 Å². The number of hydrogen-bond donors (Lipinski definition) is 1. The molecule has 3 atom stereocenters. The summed E-state index contributed by atoms with van der Waals surface area (Å²) in [4.78, 5) is 2.58. The maximum Gasteiger partial charge on any atom is 0.0329 e. The van der Waals surface area contributed by atoms with Gasteiger partial charge in [0.15, 0.2) is 0 Å². The van der Waals surface area contributed by atoms with E-state index in [4.69, 9.17) is 0 Å². The van der Waals surface area contributed by atoms with Gasteiger partial charge >= 0.3 is 0 Å². The Labute approximate surface area is 96.3 Å². The van der Waals surface area contributed by atoms with Crippen molar-refractivity contribution in [2.75, 3.05) is 13.1 Å². The Hall–Kier alpha value is -0.380. The zero-order valence-corrected chi connectivity index (χ0v) is 10.6. The van der Waals surface area contributed by atoms with Gasteiger partial charge in [-0.2, -0.15) is 11.3 Å². The highest BCUT2D eigenvalue weighted by atomic mass is 32.1. The summed E-state index contributed by atoms with van der Waals surface area (Å²) in [5.41, 5.74) is 1.46. The van der Waals surface area contributed by atoms with E-state index in [2.05, 4.69) is 47.8 Å². The second-order valence-corrected chi connectivity index (χ2v) is 5.44. The highest BCUT2D eigenvalue weighted by Gasteiger charge is 2.25. The maximum atomic E-state index is 3.57. The van der Waals surface area contributed by atoms with Crippen LogP contribution in [0.4, 0.5) is 0 Å². The van der Waals surface area contributed by atoms with Crippen LogP contribution in [-0.4, -0.2) is 30.1 Å². The summed E-state index contributed by atoms with van der Waals surface area (Å²) >= 11 is 1.79. The molecular formula is C12H20N2S. The van der Waals surface area contributed by atoms with Crippen LogP contribution >= 0.6 is 11.3 Å². The SMILES string of the molecule is CC1CN(C(C)c2ccsc2)CC(C)N1. The number of nitrogens with one attached hydrogen (secondary N) is 1. The van der Waals surface area contributed by atoms with Crippen molar-refractivity contribution in [2.24, 2.45) is 0 Å². The van der Waals surface area contributed by atoms with Crippen molar-refractivity contribution in [3.05, 3.63) is 22.4 Å². The normalized spacial score (nSPS) is 30.3. The summed E-state index contributed by atoms with van der Waals surface area (Å²) in [6.45, 7) is 9.15. The summed E-state index contributed by atoms with van der Waals surface area (Å²) in [7, 11) is 0. The zero-order valence-electron chi connectivity index (χ0n) is 9.73. The maximum absolute atomic E-state index is 3.57. The number of nitrogens with zero attached hydrogens (tertiary/aromatic N) is 1. The van der Waals surface area contributed by atoms with E-state index in [1.54, 1.807) is 11.3 Å². The van der Waals surface area contributed by atoms with E-state index in [-0.39, 0.29) is 0 Å². The predicted molar refractivity (Wildman–Crippen MR) is 66.4 cm³/mol. The minimum atomic E-state index is 0.559. The number of thiophene rings is 1. The van der Waals surface area contributed by atoms with Crippen LogP contribution in [0.5, 0.6) is 0 Å². The first kappa shape index (κ1) is 11.1. The third kappa shape index (κ3) is 2.60. The lowest BCUT2D eigenvalue weighted by molar-refractivity contribution is 0.131. The van der Waals surface area contributed by atoms with Gasteiger partial charge in [0.2, 0.25) is 0 Å². The van der Waals surface area contributed by atoms with E-state index in [1.165, 1.54) is 5.56 Å². The Kier molecular flexibility index (Phi) is 3.44. The van der Waals surface area contributed by atoms with Gasteiger partial charge in [-0.05, 0) is 43.2 Å². The molecule has 0 bridgehead atoms. The molecule has 0 aliphatic carbocycles. The van der Waals surface area contributed by atoms with Crippen LogP contribution in [-0.2, 0) is 0 Å². The van der Waals surface area contributed by atoms with E-state index < -0.39 is 0 Å². The molecular weight excluding hydrogens is 204 g/mol. The first-order valence-corrected chi connectivity index (χ1v) is 6.63. The third-order valence-corrected chi connectivity index (χ3v) is 3.86. The van der Waals surface area contributed by atoms with Gasteiger partial charge in [-0.1, -0.05) is 0 Å². The van der Waals surface area contributed by atoms with Crippen molar-refractivity contribution in [1.82, 2.24) is 10.2 Å². The molecule has 2 nitrogen and oxygen atoms in total. The van der Waals surface area contributed by atoms with Crippen molar-refractivity contribution in [1.29, 1.82) is 0 Å². The summed E-state index contributed by atoms with van der Waals surface area (Å²) in [6, 6.07) is 4.01. The fraction of sp³-hybridized carbons (Fsp3) is 0.667. The van der Waals surface area contributed by atoms with Crippen LogP contribution in [0.25, 0.3) is 0 Å². The molecule has 15 heavy (non-hydrogen) atoms. The third-order valence-electron chi connectivity index (χ3n) is 3.16. The van der Waals surface area contributed by atoms with Crippen LogP contribution in [0.1, 0.15) is 32.4 Å². The van der Waals surface area contributed by atoms with Gasteiger partial charge in [-0.3, -0.25) is 4.90 Å². The topological polar surface area (TPSA) is 15.3 Å². The minimum absolute atomic E-state index is 0.559. The molecule has 84 valence electrons. The second-order valence-electron chi connectivity index (χ2n) is 4.66. The van der Waals surface area contributed by atoms with Gasteiger partial charge in [0.25, 0.3) is 0 Å². The predicted octanol–water partition coefficient (Wildman–Crippen LogP) is 2.49. The van der Waals surface area contributed by atoms with Crippen LogP contribution in [0.3, 0.4) is 0 Å². The summed E-state index contributed by atoms with van der Waals surface area (Å²) in [5.74, 6) is 0. The molecule has 1 aliphatic heterocycles. The fourth-order valence-corrected chi connectivity index (χ4v) is 3.16. The molecule has 3 unspecified atom stereocenters. The lowest BCUT2D eigenvalue weighted by atomic mass is 10.1. The Morgan fingerprint density at radius 1 is 1.40 bits per heavy atom. The average molecular weight is 224 g/mol. The molecule has 3 heteroatoms. The Morgan fingerprint density at radius 2 is 2.07 bits per heavy atom. The number of rotatable bonds is 2. The molecule has 0 saturated carbocycles. The van der Waals surface area contributed by atoms with Crippen molar-refractivity contribution < 1.29 is 0 Å². The molecule has 0 radical (unpaired) electrons. The quantitative estimate of drug-likeness (QED) is 0.830. The molecule has 1 saturated heterocycles. The largest absolute Gasteiger partial charge is 0.309 e. The van der Waals surface area contributed by atoms with Crippen LogP contribution in [0.15, 0.2) is 16.8 Å². The molecule has 1 aromatic heterocycles. The van der Waals surface area contributed by atoms with Crippen molar-refractivity contribution >= 4 is 11.3 Å². The van der Waals surface area contributed by atoms with Crippen LogP contribution in [0.2, 0.25) is 0 Å². The first-order valence-electron chi connectivity index (χ1n) is 5.69. The van der Waals surface area contributed by atoms with Crippen LogP contribution in [0, 0.1) is 0 Å². The van der Waals surface area contributed by atoms with Crippen LogP contribution < -0.4 is 5.32 Å². The van der Waals surface area contributed by atoms with Gasteiger partial charge in [0.1, 0.15) is 0 Å². The smallest absolute Gasteiger partial charge is 0.0329 e. The monoisotopic (exact) mass is 224 g/mol. The van der Waals surface area contributed by atoms with E-state index in [0.717, 1.165) is 13.1 Å². The van der Waals surface area contributed by atoms with E-state index in [1.807, 2.05) is 0 Å². The molecule has 0 spiro atoms. The molecule has 0 amide bonds. The molecule has 0 aromatic carbocycles. The minimum Gasteiger partial charge on any atom is -0.309 e. The molecule has 1 aliphatic rings. The van der Waals surface area contributed by atoms with Crippen molar-refractivity contribution in [3.8, 4) is 0 Å². The highest BCUT2D eigenvalue weighted by Crippen LogP contribution is 2.24. The Bertz CT molecular complexity index is 287. The van der Waals surface area contributed by atoms with Crippen molar-refractivity contribution in [2.45, 2.75) is 38.9 Å².